The molecule has 0 aliphatic rings. The summed E-state index contributed by atoms with van der Waals surface area (Å²) in [5.41, 5.74) is 1.29. The van der Waals surface area contributed by atoms with Gasteiger partial charge in [-0.25, -0.2) is 9.07 Å². The fourth-order valence-corrected chi connectivity index (χ4v) is 2.63. The molecule has 0 radical (unpaired) electrons. The summed E-state index contributed by atoms with van der Waals surface area (Å²) in [6.07, 6.45) is -0.611. The molecule has 2 atom stereocenters. The largest absolute Gasteiger partial charge is 0.388 e. The van der Waals surface area contributed by atoms with E-state index in [4.69, 9.17) is 0 Å². The van der Waals surface area contributed by atoms with Crippen LogP contribution in [0.15, 0.2) is 29.1 Å². The summed E-state index contributed by atoms with van der Waals surface area (Å²) >= 11 is 0. The molecule has 0 spiro atoms. The Bertz CT molecular complexity index is 831. The van der Waals surface area contributed by atoms with Gasteiger partial charge in [0.05, 0.1) is 11.8 Å². The predicted molar refractivity (Wildman–Crippen MR) is 91.9 cm³/mol. The van der Waals surface area contributed by atoms with Crippen LogP contribution in [0.1, 0.15) is 46.6 Å². The van der Waals surface area contributed by atoms with Crippen molar-refractivity contribution < 1.29 is 14.3 Å². The van der Waals surface area contributed by atoms with Crippen molar-refractivity contribution in [1.29, 1.82) is 0 Å². The number of nitrogens with zero attached hydrogens (tertiary/aromatic N) is 2. The molecule has 1 aromatic heterocycles. The molecule has 0 fully saturated rings. The van der Waals surface area contributed by atoms with Crippen molar-refractivity contribution in [3.63, 3.8) is 0 Å². The maximum Gasteiger partial charge on any atom is 0.279 e. The molecule has 0 saturated carbocycles. The molecule has 0 saturated heterocycles. The summed E-state index contributed by atoms with van der Waals surface area (Å²) in [6.45, 7) is 5.14. The van der Waals surface area contributed by atoms with Crippen LogP contribution in [0.5, 0.6) is 0 Å². The predicted octanol–water partition coefficient (Wildman–Crippen LogP) is 1.78. The zero-order valence-electron chi connectivity index (χ0n) is 14.7. The number of rotatable bonds is 5. The molecule has 0 aliphatic carbocycles. The molecule has 1 heterocycles. The number of halogens is 1. The number of hydrogen-bond donors (Lipinski definition) is 2. The molecule has 25 heavy (non-hydrogen) atoms. The molecule has 134 valence electrons. The van der Waals surface area contributed by atoms with Crippen LogP contribution in [-0.2, 0) is 7.05 Å². The Hall–Kier alpha value is -2.54. The zero-order valence-corrected chi connectivity index (χ0v) is 14.7. The fourth-order valence-electron chi connectivity index (χ4n) is 2.63. The summed E-state index contributed by atoms with van der Waals surface area (Å²) in [5.74, 6) is -0.876. The van der Waals surface area contributed by atoms with Gasteiger partial charge in [0.25, 0.3) is 11.5 Å². The summed E-state index contributed by atoms with van der Waals surface area (Å²) in [4.78, 5) is 24.7. The molecular weight excluding hydrogens is 325 g/mol. The first-order chi connectivity index (χ1) is 11.7. The number of carbonyl (C=O) groups is 1. The highest BCUT2D eigenvalue weighted by atomic mass is 19.1. The number of aryl methyl sites for hydroxylation is 2. The minimum absolute atomic E-state index is 0.0538. The van der Waals surface area contributed by atoms with Crippen LogP contribution < -0.4 is 10.9 Å². The second-order valence-corrected chi connectivity index (χ2v) is 6.19. The number of aromatic nitrogens is 2. The Morgan fingerprint density at radius 2 is 1.92 bits per heavy atom. The van der Waals surface area contributed by atoms with Gasteiger partial charge >= 0.3 is 0 Å². The molecule has 1 aromatic carbocycles. The van der Waals surface area contributed by atoms with E-state index in [0.29, 0.717) is 16.8 Å². The normalized spacial score (nSPS) is 13.4. The highest BCUT2D eigenvalue weighted by Crippen LogP contribution is 2.19. The summed E-state index contributed by atoms with van der Waals surface area (Å²) < 4.78 is 14.1. The van der Waals surface area contributed by atoms with Gasteiger partial charge in [0, 0.05) is 13.1 Å². The average Bonchev–Trinajstić information content (AvgIpc) is 2.53. The quantitative estimate of drug-likeness (QED) is 0.863. The van der Waals surface area contributed by atoms with Crippen LogP contribution in [0.3, 0.4) is 0 Å². The lowest BCUT2D eigenvalue weighted by Crippen LogP contribution is -2.39. The minimum atomic E-state index is -0.848. The van der Waals surface area contributed by atoms with E-state index in [-0.39, 0.29) is 23.8 Å². The lowest BCUT2D eigenvalue weighted by Gasteiger charge is -2.19. The van der Waals surface area contributed by atoms with E-state index in [9.17, 15) is 19.1 Å². The topological polar surface area (TPSA) is 84.2 Å². The highest BCUT2D eigenvalue weighted by Gasteiger charge is 2.21. The number of aliphatic hydroxyl groups excluding tert-OH is 1. The van der Waals surface area contributed by atoms with Gasteiger partial charge in [-0.1, -0.05) is 12.1 Å². The minimum Gasteiger partial charge on any atom is -0.388 e. The van der Waals surface area contributed by atoms with Crippen molar-refractivity contribution in [3.05, 3.63) is 62.8 Å². The molecular formula is C18H22FN3O3. The van der Waals surface area contributed by atoms with Gasteiger partial charge in [-0.15, -0.1) is 0 Å². The molecule has 0 bridgehead atoms. The average molecular weight is 347 g/mol. The standard InChI is InChI=1S/C18H22FN3O3/c1-10(9-15(23)13-5-7-14(19)8-6-13)20-17(24)16-11(2)12(3)21-22(4)18(16)25/h5-8,10,15,23H,9H2,1-4H3,(H,20,24). The zero-order chi connectivity index (χ0) is 18.7. The van der Waals surface area contributed by atoms with Crippen LogP contribution >= 0.6 is 0 Å². The molecule has 1 amide bonds. The maximum atomic E-state index is 12.9. The molecule has 2 aromatic rings. The van der Waals surface area contributed by atoms with Gasteiger partial charge in [0.1, 0.15) is 11.4 Å². The second kappa shape index (κ2) is 7.57. The van der Waals surface area contributed by atoms with Crippen LogP contribution in [0.2, 0.25) is 0 Å². The summed E-state index contributed by atoms with van der Waals surface area (Å²) in [7, 11) is 1.49. The third kappa shape index (κ3) is 4.30. The summed E-state index contributed by atoms with van der Waals surface area (Å²) in [6, 6.07) is 5.16. The SMILES string of the molecule is Cc1nn(C)c(=O)c(C(=O)NC(C)CC(O)c2ccc(F)cc2)c1C. The lowest BCUT2D eigenvalue weighted by molar-refractivity contribution is 0.0913. The van der Waals surface area contributed by atoms with Gasteiger partial charge < -0.3 is 10.4 Å². The van der Waals surface area contributed by atoms with Crippen LogP contribution in [-0.4, -0.2) is 26.8 Å². The Morgan fingerprint density at radius 1 is 1.32 bits per heavy atom. The Labute approximate surface area is 145 Å². The van der Waals surface area contributed by atoms with Crippen LogP contribution in [0.25, 0.3) is 0 Å². The first-order valence-corrected chi connectivity index (χ1v) is 7.99. The van der Waals surface area contributed by atoms with Crippen molar-refractivity contribution in [2.75, 3.05) is 0 Å². The number of hydrogen-bond acceptors (Lipinski definition) is 4. The molecule has 2 N–H and O–H groups in total. The van der Waals surface area contributed by atoms with Crippen molar-refractivity contribution in [3.8, 4) is 0 Å². The van der Waals surface area contributed by atoms with Gasteiger partial charge in [0.2, 0.25) is 0 Å². The lowest BCUT2D eigenvalue weighted by atomic mass is 10.0. The van der Waals surface area contributed by atoms with Gasteiger partial charge in [-0.2, -0.15) is 5.10 Å². The van der Waals surface area contributed by atoms with Crippen molar-refractivity contribution in [1.82, 2.24) is 15.1 Å². The van der Waals surface area contributed by atoms with E-state index in [0.717, 1.165) is 4.68 Å². The Balaban J connectivity index is 2.10. The van der Waals surface area contributed by atoms with Crippen molar-refractivity contribution >= 4 is 5.91 Å². The highest BCUT2D eigenvalue weighted by molar-refractivity contribution is 5.95. The van der Waals surface area contributed by atoms with E-state index in [1.165, 1.54) is 31.3 Å². The molecule has 2 unspecified atom stereocenters. The van der Waals surface area contributed by atoms with E-state index in [2.05, 4.69) is 10.4 Å². The first-order valence-electron chi connectivity index (χ1n) is 7.99. The number of carbonyl (C=O) groups excluding carboxylic acids is 1. The van der Waals surface area contributed by atoms with Crippen LogP contribution in [0, 0.1) is 19.7 Å². The number of benzene rings is 1. The molecule has 7 heteroatoms. The third-order valence-corrected chi connectivity index (χ3v) is 4.16. The van der Waals surface area contributed by atoms with Gasteiger partial charge in [0.15, 0.2) is 0 Å². The molecule has 0 aliphatic heterocycles. The second-order valence-electron chi connectivity index (χ2n) is 6.19. The maximum absolute atomic E-state index is 12.9. The van der Waals surface area contributed by atoms with Gasteiger partial charge in [-0.3, -0.25) is 9.59 Å². The number of amides is 1. The Kier molecular flexibility index (Phi) is 5.69. The van der Waals surface area contributed by atoms with Crippen molar-refractivity contribution in [2.45, 2.75) is 39.3 Å². The Morgan fingerprint density at radius 3 is 2.52 bits per heavy atom. The van der Waals surface area contributed by atoms with E-state index < -0.39 is 17.6 Å². The smallest absolute Gasteiger partial charge is 0.279 e. The van der Waals surface area contributed by atoms with E-state index in [1.807, 2.05) is 0 Å². The molecule has 2 rings (SSSR count). The van der Waals surface area contributed by atoms with E-state index in [1.54, 1.807) is 20.8 Å². The molecule has 6 nitrogen and oxygen atoms in total. The summed E-state index contributed by atoms with van der Waals surface area (Å²) in [5, 5.41) is 17.0. The van der Waals surface area contributed by atoms with Gasteiger partial charge in [-0.05, 0) is 50.5 Å². The monoisotopic (exact) mass is 347 g/mol. The number of aliphatic hydroxyl groups is 1. The first kappa shape index (κ1) is 18.8. The third-order valence-electron chi connectivity index (χ3n) is 4.16. The van der Waals surface area contributed by atoms with E-state index >= 15 is 0 Å². The van der Waals surface area contributed by atoms with Crippen molar-refractivity contribution in [2.24, 2.45) is 7.05 Å². The fraction of sp³-hybridized carbons (Fsp3) is 0.389. The van der Waals surface area contributed by atoms with Crippen LogP contribution in [0.4, 0.5) is 4.39 Å². The number of nitrogens with one attached hydrogen (secondary N) is 1.